The fourth-order valence-electron chi connectivity index (χ4n) is 3.58. The number of aryl methyl sites for hydroxylation is 2. The first-order chi connectivity index (χ1) is 16.2. The van der Waals surface area contributed by atoms with Gasteiger partial charge >= 0.3 is 0 Å². The van der Waals surface area contributed by atoms with Gasteiger partial charge in [-0.1, -0.05) is 36.4 Å². The van der Waals surface area contributed by atoms with Gasteiger partial charge in [0.2, 0.25) is 5.91 Å². The number of nitrogens with zero attached hydrogens (tertiary/aromatic N) is 1. The highest BCUT2D eigenvalue weighted by molar-refractivity contribution is 7.93. The number of benzene rings is 3. The number of methoxy groups -OCH3 is 1. The van der Waals surface area contributed by atoms with Crippen LogP contribution in [0.1, 0.15) is 24.5 Å². The summed E-state index contributed by atoms with van der Waals surface area (Å²) in [6, 6.07) is 19.5. The van der Waals surface area contributed by atoms with Gasteiger partial charge in [-0.25, -0.2) is 12.8 Å². The topological polar surface area (TPSA) is 75.7 Å². The number of nitrogens with one attached hydrogen (secondary N) is 1. The summed E-state index contributed by atoms with van der Waals surface area (Å²) in [5.41, 5.74) is 2.06. The van der Waals surface area contributed by atoms with Crippen LogP contribution in [0.4, 0.5) is 10.1 Å². The molecule has 0 heterocycles. The Morgan fingerprint density at radius 3 is 2.38 bits per heavy atom. The van der Waals surface area contributed by atoms with Gasteiger partial charge in [-0.3, -0.25) is 9.10 Å². The Balaban J connectivity index is 1.83. The van der Waals surface area contributed by atoms with E-state index >= 15 is 0 Å². The molecule has 1 amide bonds. The molecule has 180 valence electrons. The molecule has 0 aromatic heterocycles. The summed E-state index contributed by atoms with van der Waals surface area (Å²) in [5.74, 6) is -0.803. The molecule has 0 aliphatic carbocycles. The third-order valence-electron chi connectivity index (χ3n) is 5.41. The maximum Gasteiger partial charge on any atom is 0.268 e. The highest BCUT2D eigenvalue weighted by atomic mass is 32.2. The summed E-state index contributed by atoms with van der Waals surface area (Å²) in [7, 11) is -2.81. The van der Waals surface area contributed by atoms with Gasteiger partial charge in [0.25, 0.3) is 10.0 Å². The number of hydrogen-bond donors (Lipinski definition) is 1. The zero-order chi connectivity index (χ0) is 24.7. The normalized spacial score (nSPS) is 12.1. The molecule has 3 aromatic carbocycles. The largest absolute Gasteiger partial charge is 0.495 e. The Hall–Kier alpha value is -3.39. The lowest BCUT2D eigenvalue weighted by Crippen LogP contribution is -2.43. The number of ether oxygens (including phenoxy) is 1. The minimum absolute atomic E-state index is 0.0655. The van der Waals surface area contributed by atoms with E-state index in [0.717, 1.165) is 34.0 Å². The Kier molecular flexibility index (Phi) is 8.28. The van der Waals surface area contributed by atoms with Crippen LogP contribution < -0.4 is 14.4 Å². The Bertz CT molecular complexity index is 1220. The van der Waals surface area contributed by atoms with Crippen LogP contribution in [0.15, 0.2) is 77.7 Å². The van der Waals surface area contributed by atoms with Crippen LogP contribution >= 0.6 is 0 Å². The molecule has 0 aliphatic rings. The average Bonchev–Trinajstić information content (AvgIpc) is 2.82. The zero-order valence-electron chi connectivity index (χ0n) is 19.5. The monoisotopic (exact) mass is 484 g/mol. The fraction of sp³-hybridized carbons (Fsp3) is 0.269. The molecule has 3 aromatic rings. The third kappa shape index (κ3) is 6.35. The molecule has 1 atom stereocenters. The molecule has 0 spiro atoms. The summed E-state index contributed by atoms with van der Waals surface area (Å²) >= 11 is 0. The van der Waals surface area contributed by atoms with Crippen molar-refractivity contribution in [2.45, 2.75) is 37.6 Å². The lowest BCUT2D eigenvalue weighted by molar-refractivity contribution is -0.120. The first-order valence-corrected chi connectivity index (χ1v) is 12.4. The van der Waals surface area contributed by atoms with Gasteiger partial charge in [-0.15, -0.1) is 0 Å². The number of sulfonamides is 1. The summed E-state index contributed by atoms with van der Waals surface area (Å²) in [6.07, 6.45) is 1.48. The van der Waals surface area contributed by atoms with Crippen LogP contribution in [0.5, 0.6) is 5.75 Å². The van der Waals surface area contributed by atoms with Crippen LogP contribution in [0.3, 0.4) is 0 Å². The van der Waals surface area contributed by atoms with Crippen molar-refractivity contribution in [3.8, 4) is 5.75 Å². The van der Waals surface area contributed by atoms with E-state index in [1.54, 1.807) is 19.1 Å². The van der Waals surface area contributed by atoms with E-state index in [2.05, 4.69) is 5.32 Å². The van der Waals surface area contributed by atoms with E-state index in [1.165, 1.54) is 25.3 Å². The molecule has 1 N–H and O–H groups in total. The van der Waals surface area contributed by atoms with E-state index < -0.39 is 28.3 Å². The van der Waals surface area contributed by atoms with Gasteiger partial charge in [-0.05, 0) is 74.2 Å². The van der Waals surface area contributed by atoms with Gasteiger partial charge in [0, 0.05) is 6.04 Å². The highest BCUT2D eigenvalue weighted by Crippen LogP contribution is 2.31. The van der Waals surface area contributed by atoms with Gasteiger partial charge < -0.3 is 10.1 Å². The highest BCUT2D eigenvalue weighted by Gasteiger charge is 2.30. The maximum absolute atomic E-state index is 13.7. The predicted octanol–water partition coefficient (Wildman–Crippen LogP) is 4.48. The van der Waals surface area contributed by atoms with Crippen molar-refractivity contribution in [3.63, 3.8) is 0 Å². The second-order valence-electron chi connectivity index (χ2n) is 8.14. The van der Waals surface area contributed by atoms with Crippen molar-refractivity contribution in [2.75, 3.05) is 18.0 Å². The van der Waals surface area contributed by atoms with Gasteiger partial charge in [-0.2, -0.15) is 0 Å². The number of amides is 1. The molecule has 0 saturated carbocycles. The fourth-order valence-corrected chi connectivity index (χ4v) is 5.24. The predicted molar refractivity (Wildman–Crippen MR) is 131 cm³/mol. The molecule has 0 radical (unpaired) electrons. The van der Waals surface area contributed by atoms with Crippen LogP contribution in [0, 0.1) is 12.7 Å². The SMILES string of the molecule is COc1ccc(C)cc1S(=O)(=O)N(CC(=O)N[C@@H](C)CCc1ccccc1)c1ccc(F)cc1. The molecule has 0 bridgehead atoms. The van der Waals surface area contributed by atoms with Gasteiger partial charge in [0.15, 0.2) is 0 Å². The number of anilines is 1. The maximum atomic E-state index is 13.7. The standard InChI is InChI=1S/C26H29FN2O4S/c1-19-9-16-24(33-3)25(17-19)34(31,32)29(23-14-12-22(27)13-15-23)18-26(30)28-20(2)10-11-21-7-5-4-6-8-21/h4-9,12-17,20H,10-11,18H2,1-3H3,(H,28,30)/t20-/m0/s1. The first-order valence-electron chi connectivity index (χ1n) is 11.0. The number of hydrogen-bond acceptors (Lipinski definition) is 4. The van der Waals surface area contributed by atoms with Gasteiger partial charge in [0.1, 0.15) is 23.0 Å². The smallest absolute Gasteiger partial charge is 0.268 e. The molecule has 34 heavy (non-hydrogen) atoms. The van der Waals surface area contributed by atoms with Crippen LogP contribution in [0.2, 0.25) is 0 Å². The van der Waals surface area contributed by atoms with E-state index in [9.17, 15) is 17.6 Å². The lowest BCUT2D eigenvalue weighted by Gasteiger charge is -2.26. The summed E-state index contributed by atoms with van der Waals surface area (Å²) < 4.78 is 47.1. The number of carbonyl (C=O) groups is 1. The molecule has 0 saturated heterocycles. The molecule has 6 nitrogen and oxygen atoms in total. The number of carbonyl (C=O) groups excluding carboxylic acids is 1. The van der Waals surface area contributed by atoms with E-state index in [1.807, 2.05) is 37.3 Å². The Morgan fingerprint density at radius 1 is 1.06 bits per heavy atom. The summed E-state index contributed by atoms with van der Waals surface area (Å²) in [4.78, 5) is 12.8. The van der Waals surface area contributed by atoms with Crippen LogP contribution in [0.25, 0.3) is 0 Å². The van der Waals surface area contributed by atoms with Crippen LogP contribution in [-0.2, 0) is 21.2 Å². The minimum Gasteiger partial charge on any atom is -0.495 e. The summed E-state index contributed by atoms with van der Waals surface area (Å²) in [5, 5.41) is 2.87. The molecule has 8 heteroatoms. The molecule has 0 aliphatic heterocycles. The minimum atomic E-state index is -4.19. The van der Waals surface area contributed by atoms with Crippen molar-refractivity contribution in [2.24, 2.45) is 0 Å². The third-order valence-corrected chi connectivity index (χ3v) is 7.20. The van der Waals surface area contributed by atoms with Crippen molar-refractivity contribution in [1.82, 2.24) is 5.32 Å². The van der Waals surface area contributed by atoms with E-state index in [0.29, 0.717) is 6.42 Å². The second kappa shape index (κ2) is 11.2. The van der Waals surface area contributed by atoms with Gasteiger partial charge in [0.05, 0.1) is 12.8 Å². The van der Waals surface area contributed by atoms with Crippen molar-refractivity contribution < 1.29 is 22.3 Å². The Labute approximate surface area is 200 Å². The molecule has 0 unspecified atom stereocenters. The first kappa shape index (κ1) is 25.2. The quantitative estimate of drug-likeness (QED) is 0.461. The lowest BCUT2D eigenvalue weighted by atomic mass is 10.1. The van der Waals surface area contributed by atoms with Crippen molar-refractivity contribution in [1.29, 1.82) is 0 Å². The zero-order valence-corrected chi connectivity index (χ0v) is 20.3. The number of halogens is 1. The van der Waals surface area contributed by atoms with Crippen molar-refractivity contribution >= 4 is 21.6 Å². The van der Waals surface area contributed by atoms with Crippen LogP contribution in [-0.4, -0.2) is 34.0 Å². The summed E-state index contributed by atoms with van der Waals surface area (Å²) in [6.45, 7) is 3.18. The van der Waals surface area contributed by atoms with E-state index in [-0.39, 0.29) is 22.4 Å². The van der Waals surface area contributed by atoms with Crippen molar-refractivity contribution in [3.05, 3.63) is 89.7 Å². The molecular weight excluding hydrogens is 455 g/mol. The molecule has 0 fully saturated rings. The number of rotatable bonds is 10. The molecular formula is C26H29FN2O4S. The van der Waals surface area contributed by atoms with E-state index in [4.69, 9.17) is 4.74 Å². The average molecular weight is 485 g/mol. The Morgan fingerprint density at radius 2 is 1.74 bits per heavy atom. The second-order valence-corrected chi connectivity index (χ2v) is 9.97. The molecule has 3 rings (SSSR count).